The molecule has 2 atom stereocenters. The van der Waals surface area contributed by atoms with Crippen LogP contribution in [0.2, 0.25) is 0 Å². The second kappa shape index (κ2) is 5.44. The average molecular weight is 294 g/mol. The van der Waals surface area contributed by atoms with Gasteiger partial charge in [0.1, 0.15) is 5.75 Å². The van der Waals surface area contributed by atoms with E-state index in [0.717, 1.165) is 31.2 Å². The lowest BCUT2D eigenvalue weighted by molar-refractivity contribution is 0.138. The van der Waals surface area contributed by atoms with Gasteiger partial charge in [-0.25, -0.2) is 0 Å². The SMILES string of the molecule is Oc1ccc2c(c1[C@@H]1c3ccccc3CCC1O)CCCC2. The quantitative estimate of drug-likeness (QED) is 0.841. The van der Waals surface area contributed by atoms with Crippen molar-refractivity contribution < 1.29 is 10.2 Å². The number of benzene rings is 2. The van der Waals surface area contributed by atoms with Gasteiger partial charge >= 0.3 is 0 Å². The molecule has 0 spiro atoms. The molecule has 0 aliphatic heterocycles. The second-order valence-electron chi connectivity index (χ2n) is 6.63. The summed E-state index contributed by atoms with van der Waals surface area (Å²) in [6.07, 6.45) is 5.79. The summed E-state index contributed by atoms with van der Waals surface area (Å²) in [4.78, 5) is 0. The molecule has 2 heteroatoms. The van der Waals surface area contributed by atoms with E-state index in [1.807, 2.05) is 12.1 Å². The van der Waals surface area contributed by atoms with Crippen LogP contribution >= 0.6 is 0 Å². The van der Waals surface area contributed by atoms with Crippen LogP contribution in [0.15, 0.2) is 36.4 Å². The fourth-order valence-electron chi connectivity index (χ4n) is 4.28. The third kappa shape index (κ3) is 2.14. The number of aryl methyl sites for hydroxylation is 2. The van der Waals surface area contributed by atoms with E-state index in [0.29, 0.717) is 5.75 Å². The summed E-state index contributed by atoms with van der Waals surface area (Å²) in [6.45, 7) is 0. The molecule has 0 fully saturated rings. The average Bonchev–Trinajstić information content (AvgIpc) is 2.56. The lowest BCUT2D eigenvalue weighted by Crippen LogP contribution is -2.27. The molecule has 2 aliphatic rings. The molecule has 0 heterocycles. The molecule has 0 saturated carbocycles. The standard InChI is InChI=1S/C20H22O2/c21-17-11-9-13-5-1-3-7-15(13)19(17)20-16-8-4-2-6-14(16)10-12-18(20)22/h1,3,5,7,10,12,17,19,21-22H,2,4,6,8-9,11H2/t17?,19-/m1/s1. The lowest BCUT2D eigenvalue weighted by atomic mass is 9.73. The Balaban J connectivity index is 1.92. The second-order valence-corrected chi connectivity index (χ2v) is 6.63. The van der Waals surface area contributed by atoms with Gasteiger partial charge in [-0.05, 0) is 66.8 Å². The Morgan fingerprint density at radius 2 is 1.68 bits per heavy atom. The summed E-state index contributed by atoms with van der Waals surface area (Å²) in [6, 6.07) is 12.3. The zero-order valence-corrected chi connectivity index (χ0v) is 12.8. The van der Waals surface area contributed by atoms with Crippen molar-refractivity contribution in [1.82, 2.24) is 0 Å². The molecule has 0 saturated heterocycles. The maximum Gasteiger partial charge on any atom is 0.119 e. The third-order valence-electron chi connectivity index (χ3n) is 5.35. The minimum absolute atomic E-state index is 0.0852. The molecule has 1 unspecified atom stereocenters. The molecule has 22 heavy (non-hydrogen) atoms. The minimum atomic E-state index is -0.408. The Labute approximate surface area is 131 Å². The fraction of sp³-hybridized carbons (Fsp3) is 0.400. The number of rotatable bonds is 1. The van der Waals surface area contributed by atoms with Crippen molar-refractivity contribution in [2.24, 2.45) is 0 Å². The van der Waals surface area contributed by atoms with E-state index < -0.39 is 6.10 Å². The first-order valence-corrected chi connectivity index (χ1v) is 8.35. The van der Waals surface area contributed by atoms with E-state index in [4.69, 9.17) is 0 Å². The monoisotopic (exact) mass is 294 g/mol. The maximum atomic E-state index is 10.7. The van der Waals surface area contributed by atoms with Crippen LogP contribution < -0.4 is 0 Å². The number of phenolic OH excluding ortho intramolecular Hbond substituents is 1. The van der Waals surface area contributed by atoms with E-state index in [1.165, 1.54) is 35.1 Å². The van der Waals surface area contributed by atoms with Crippen LogP contribution in [0.5, 0.6) is 5.75 Å². The topological polar surface area (TPSA) is 40.5 Å². The molecule has 4 rings (SSSR count). The molecule has 2 aromatic carbocycles. The summed E-state index contributed by atoms with van der Waals surface area (Å²) < 4.78 is 0. The van der Waals surface area contributed by atoms with Crippen LogP contribution in [0, 0.1) is 0 Å². The van der Waals surface area contributed by atoms with E-state index in [9.17, 15) is 10.2 Å². The number of aliphatic hydroxyl groups excluding tert-OH is 1. The van der Waals surface area contributed by atoms with Crippen molar-refractivity contribution in [3.05, 3.63) is 64.2 Å². The molecular formula is C20H22O2. The highest BCUT2D eigenvalue weighted by Crippen LogP contribution is 2.44. The van der Waals surface area contributed by atoms with Gasteiger partial charge in [0.05, 0.1) is 6.10 Å². The summed E-state index contributed by atoms with van der Waals surface area (Å²) in [5, 5.41) is 21.2. The smallest absolute Gasteiger partial charge is 0.119 e. The predicted octanol–water partition coefficient (Wildman–Crippen LogP) is 3.71. The molecule has 2 aliphatic carbocycles. The van der Waals surface area contributed by atoms with Gasteiger partial charge in [0.25, 0.3) is 0 Å². The van der Waals surface area contributed by atoms with Crippen LogP contribution in [0.25, 0.3) is 0 Å². The first kappa shape index (κ1) is 13.8. The highest BCUT2D eigenvalue weighted by molar-refractivity contribution is 5.53. The summed E-state index contributed by atoms with van der Waals surface area (Å²) in [5.74, 6) is 0.263. The molecule has 0 aromatic heterocycles. The largest absolute Gasteiger partial charge is 0.508 e. The number of aliphatic hydroxyl groups is 1. The molecule has 0 radical (unpaired) electrons. The third-order valence-corrected chi connectivity index (χ3v) is 5.35. The van der Waals surface area contributed by atoms with Gasteiger partial charge in [0.2, 0.25) is 0 Å². The maximum absolute atomic E-state index is 10.7. The lowest BCUT2D eigenvalue weighted by Gasteiger charge is -2.34. The van der Waals surface area contributed by atoms with Gasteiger partial charge < -0.3 is 10.2 Å². The minimum Gasteiger partial charge on any atom is -0.508 e. The summed E-state index contributed by atoms with van der Waals surface area (Å²) in [7, 11) is 0. The van der Waals surface area contributed by atoms with E-state index in [-0.39, 0.29) is 5.92 Å². The number of fused-ring (bicyclic) bond motifs is 2. The van der Waals surface area contributed by atoms with Crippen LogP contribution in [0.4, 0.5) is 0 Å². The van der Waals surface area contributed by atoms with Crippen LogP contribution in [-0.4, -0.2) is 16.3 Å². The zero-order valence-electron chi connectivity index (χ0n) is 12.8. The van der Waals surface area contributed by atoms with Gasteiger partial charge in [0.15, 0.2) is 0 Å². The van der Waals surface area contributed by atoms with Crippen LogP contribution in [-0.2, 0) is 19.3 Å². The number of phenols is 1. The van der Waals surface area contributed by atoms with Crippen molar-refractivity contribution in [2.45, 2.75) is 50.5 Å². The Hall–Kier alpha value is -1.80. The van der Waals surface area contributed by atoms with E-state index in [2.05, 4.69) is 24.3 Å². The molecule has 0 amide bonds. The van der Waals surface area contributed by atoms with Gasteiger partial charge in [-0.1, -0.05) is 30.3 Å². The highest BCUT2D eigenvalue weighted by Gasteiger charge is 2.33. The normalized spacial score (nSPS) is 23.7. The van der Waals surface area contributed by atoms with Crippen molar-refractivity contribution in [3.63, 3.8) is 0 Å². The molecule has 114 valence electrons. The van der Waals surface area contributed by atoms with Crippen LogP contribution in [0.1, 0.15) is 53.0 Å². The van der Waals surface area contributed by atoms with Gasteiger partial charge in [-0.15, -0.1) is 0 Å². The highest BCUT2D eigenvalue weighted by atomic mass is 16.3. The number of hydrogen-bond donors (Lipinski definition) is 2. The van der Waals surface area contributed by atoms with Gasteiger partial charge in [-0.3, -0.25) is 0 Å². The summed E-state index contributed by atoms with van der Waals surface area (Å²) in [5.41, 5.74) is 6.12. The Kier molecular flexibility index (Phi) is 3.42. The Bertz CT molecular complexity index is 705. The first-order chi connectivity index (χ1) is 10.8. The zero-order chi connectivity index (χ0) is 15.1. The number of hydrogen-bond acceptors (Lipinski definition) is 2. The molecule has 2 N–H and O–H groups in total. The van der Waals surface area contributed by atoms with Crippen molar-refractivity contribution in [1.29, 1.82) is 0 Å². The van der Waals surface area contributed by atoms with E-state index >= 15 is 0 Å². The van der Waals surface area contributed by atoms with E-state index in [1.54, 1.807) is 0 Å². The number of aromatic hydroxyl groups is 1. The molecule has 0 bridgehead atoms. The fourth-order valence-corrected chi connectivity index (χ4v) is 4.28. The van der Waals surface area contributed by atoms with Gasteiger partial charge in [0, 0.05) is 11.5 Å². The van der Waals surface area contributed by atoms with Crippen molar-refractivity contribution >= 4 is 0 Å². The predicted molar refractivity (Wildman–Crippen MR) is 87.4 cm³/mol. The molecule has 2 aromatic rings. The van der Waals surface area contributed by atoms with Crippen molar-refractivity contribution in [3.8, 4) is 5.75 Å². The molecular weight excluding hydrogens is 272 g/mol. The van der Waals surface area contributed by atoms with Crippen LogP contribution in [0.3, 0.4) is 0 Å². The summed E-state index contributed by atoms with van der Waals surface area (Å²) >= 11 is 0. The van der Waals surface area contributed by atoms with Crippen molar-refractivity contribution in [2.75, 3.05) is 0 Å². The Morgan fingerprint density at radius 1 is 0.864 bits per heavy atom. The van der Waals surface area contributed by atoms with Gasteiger partial charge in [-0.2, -0.15) is 0 Å². The molecule has 2 nitrogen and oxygen atoms in total. The first-order valence-electron chi connectivity index (χ1n) is 8.35. The Morgan fingerprint density at radius 3 is 2.59 bits per heavy atom.